The van der Waals surface area contributed by atoms with E-state index in [0.29, 0.717) is 11.0 Å². The zero-order valence-electron chi connectivity index (χ0n) is 9.97. The molecule has 0 saturated heterocycles. The maximum absolute atomic E-state index is 12.0. The van der Waals surface area contributed by atoms with E-state index >= 15 is 0 Å². The first-order valence-corrected chi connectivity index (χ1v) is 6.46. The Kier molecular flexibility index (Phi) is 3.84. The predicted octanol–water partition coefficient (Wildman–Crippen LogP) is 0.637. The summed E-state index contributed by atoms with van der Waals surface area (Å²) in [5, 5.41) is 8.65. The highest BCUT2D eigenvalue weighted by atomic mass is 79.9. The van der Waals surface area contributed by atoms with Crippen LogP contribution in [0.2, 0.25) is 0 Å². The van der Waals surface area contributed by atoms with Crippen molar-refractivity contribution >= 4 is 38.7 Å². The van der Waals surface area contributed by atoms with Gasteiger partial charge in [0.1, 0.15) is 0 Å². The largest absolute Gasteiger partial charge is 0.481 e. The molecule has 2 aromatic rings. The molecule has 3 N–H and O–H groups in total. The van der Waals surface area contributed by atoms with E-state index in [2.05, 4.69) is 25.9 Å². The Hall–Kier alpha value is -2.22. The SMILES string of the molecule is O=C(O)CC(Br)C(=O)c1ccc2[nH]c(=O)c(=O)[nH]c2c1. The summed E-state index contributed by atoms with van der Waals surface area (Å²) < 4.78 is 0. The number of aromatic amines is 2. The van der Waals surface area contributed by atoms with Gasteiger partial charge in [-0.2, -0.15) is 0 Å². The molecule has 0 saturated carbocycles. The maximum atomic E-state index is 12.0. The molecule has 1 atom stereocenters. The monoisotopic (exact) mass is 340 g/mol. The Morgan fingerprint density at radius 1 is 1.15 bits per heavy atom. The maximum Gasteiger partial charge on any atom is 0.314 e. The summed E-state index contributed by atoms with van der Waals surface area (Å²) in [4.78, 5) is 48.8. The molecule has 20 heavy (non-hydrogen) atoms. The fraction of sp³-hybridized carbons (Fsp3) is 0.167. The Labute approximate surface area is 119 Å². The highest BCUT2D eigenvalue weighted by Gasteiger charge is 2.20. The smallest absolute Gasteiger partial charge is 0.314 e. The highest BCUT2D eigenvalue weighted by molar-refractivity contribution is 9.10. The summed E-state index contributed by atoms with van der Waals surface area (Å²) in [7, 11) is 0. The first-order chi connectivity index (χ1) is 9.38. The predicted molar refractivity (Wildman–Crippen MR) is 74.5 cm³/mol. The molecule has 0 spiro atoms. The Bertz CT molecular complexity index is 807. The number of ketones is 1. The molecule has 0 aliphatic heterocycles. The lowest BCUT2D eigenvalue weighted by Crippen LogP contribution is -2.29. The molecule has 104 valence electrons. The number of rotatable bonds is 4. The lowest BCUT2D eigenvalue weighted by Gasteiger charge is -2.07. The zero-order valence-corrected chi connectivity index (χ0v) is 11.6. The van der Waals surface area contributed by atoms with Gasteiger partial charge < -0.3 is 15.1 Å². The minimum atomic E-state index is -1.10. The normalized spacial score (nSPS) is 12.2. The number of aromatic nitrogens is 2. The van der Waals surface area contributed by atoms with Crippen LogP contribution in [0.15, 0.2) is 27.8 Å². The number of carbonyl (C=O) groups is 2. The Morgan fingerprint density at radius 3 is 2.35 bits per heavy atom. The second kappa shape index (κ2) is 5.41. The van der Waals surface area contributed by atoms with E-state index in [-0.39, 0.29) is 12.0 Å². The highest BCUT2D eigenvalue weighted by Crippen LogP contribution is 2.16. The number of carboxylic acid groups (broad SMARTS) is 1. The first kappa shape index (κ1) is 14.2. The van der Waals surface area contributed by atoms with Gasteiger partial charge in [-0.1, -0.05) is 15.9 Å². The number of H-pyrrole nitrogens is 2. The molecule has 1 heterocycles. The van der Waals surface area contributed by atoms with Gasteiger partial charge in [0.2, 0.25) is 0 Å². The number of hydrogen-bond donors (Lipinski definition) is 3. The van der Waals surface area contributed by atoms with Crippen LogP contribution in [0.4, 0.5) is 0 Å². The van der Waals surface area contributed by atoms with Gasteiger partial charge in [0.25, 0.3) is 0 Å². The van der Waals surface area contributed by atoms with E-state index in [4.69, 9.17) is 5.11 Å². The van der Waals surface area contributed by atoms with E-state index in [1.54, 1.807) is 0 Å². The van der Waals surface area contributed by atoms with Crippen molar-refractivity contribution < 1.29 is 14.7 Å². The molecule has 0 amide bonds. The average Bonchev–Trinajstić information content (AvgIpc) is 2.38. The Morgan fingerprint density at radius 2 is 1.75 bits per heavy atom. The van der Waals surface area contributed by atoms with Crippen molar-refractivity contribution in [2.45, 2.75) is 11.2 Å². The number of hydrogen-bond acceptors (Lipinski definition) is 4. The van der Waals surface area contributed by atoms with Crippen molar-refractivity contribution in [2.24, 2.45) is 0 Å². The molecule has 1 aromatic heterocycles. The molecule has 1 unspecified atom stereocenters. The van der Waals surface area contributed by atoms with Crippen LogP contribution >= 0.6 is 15.9 Å². The van der Waals surface area contributed by atoms with Gasteiger partial charge >= 0.3 is 17.1 Å². The number of alkyl halides is 1. The van der Waals surface area contributed by atoms with Gasteiger partial charge in [0.15, 0.2) is 5.78 Å². The van der Waals surface area contributed by atoms with E-state index in [0.717, 1.165) is 0 Å². The second-order valence-electron chi connectivity index (χ2n) is 4.10. The number of carbonyl (C=O) groups excluding carboxylic acids is 1. The zero-order chi connectivity index (χ0) is 14.9. The molecule has 7 nitrogen and oxygen atoms in total. The van der Waals surface area contributed by atoms with Crippen molar-refractivity contribution in [1.82, 2.24) is 9.97 Å². The van der Waals surface area contributed by atoms with Gasteiger partial charge in [0.05, 0.1) is 22.3 Å². The minimum absolute atomic E-state index is 0.239. The van der Waals surface area contributed by atoms with Gasteiger partial charge in [-0.25, -0.2) is 0 Å². The number of halogens is 1. The van der Waals surface area contributed by atoms with Crippen molar-refractivity contribution in [3.8, 4) is 0 Å². The molecule has 0 fully saturated rings. The standard InChI is InChI=1S/C12H9BrN2O5/c13-6(4-9(16)17)10(18)5-1-2-7-8(3-5)15-12(20)11(19)14-7/h1-3,6H,4H2,(H,14,19)(H,15,20)(H,16,17). The quantitative estimate of drug-likeness (QED) is 0.428. The van der Waals surface area contributed by atoms with Crippen LogP contribution in [0, 0.1) is 0 Å². The van der Waals surface area contributed by atoms with Crippen LogP contribution < -0.4 is 11.1 Å². The average molecular weight is 341 g/mol. The molecular formula is C12H9BrN2O5. The molecule has 0 bridgehead atoms. The molecular weight excluding hydrogens is 332 g/mol. The van der Waals surface area contributed by atoms with Crippen LogP contribution in [0.1, 0.15) is 16.8 Å². The van der Waals surface area contributed by atoms with Crippen LogP contribution in [-0.2, 0) is 4.79 Å². The lowest BCUT2D eigenvalue weighted by atomic mass is 10.1. The van der Waals surface area contributed by atoms with Crippen LogP contribution in [0.25, 0.3) is 11.0 Å². The van der Waals surface area contributed by atoms with E-state index in [1.165, 1.54) is 18.2 Å². The number of carboxylic acids is 1. The third kappa shape index (κ3) is 2.85. The van der Waals surface area contributed by atoms with Crippen molar-refractivity contribution in [3.05, 3.63) is 44.5 Å². The molecule has 8 heteroatoms. The number of nitrogens with one attached hydrogen (secondary N) is 2. The number of Topliss-reactive ketones (excluding diaryl/α,β-unsaturated/α-hetero) is 1. The fourth-order valence-electron chi connectivity index (χ4n) is 1.69. The molecule has 1 aromatic carbocycles. The second-order valence-corrected chi connectivity index (χ2v) is 5.20. The molecule has 2 rings (SSSR count). The number of benzene rings is 1. The van der Waals surface area contributed by atoms with Crippen molar-refractivity contribution in [3.63, 3.8) is 0 Å². The first-order valence-electron chi connectivity index (χ1n) is 5.55. The third-order valence-corrected chi connectivity index (χ3v) is 3.38. The molecule has 0 radical (unpaired) electrons. The summed E-state index contributed by atoms with van der Waals surface area (Å²) in [5.41, 5.74) is -0.668. The number of fused-ring (bicyclic) bond motifs is 1. The Balaban J connectivity index is 2.43. The van der Waals surface area contributed by atoms with E-state index < -0.39 is 27.7 Å². The third-order valence-electron chi connectivity index (χ3n) is 2.65. The van der Waals surface area contributed by atoms with Crippen molar-refractivity contribution in [2.75, 3.05) is 0 Å². The van der Waals surface area contributed by atoms with Gasteiger partial charge in [-0.05, 0) is 18.2 Å². The lowest BCUT2D eigenvalue weighted by molar-refractivity contribution is -0.136. The van der Waals surface area contributed by atoms with Crippen LogP contribution in [-0.4, -0.2) is 31.7 Å². The van der Waals surface area contributed by atoms with E-state index in [1.807, 2.05) is 0 Å². The van der Waals surface area contributed by atoms with Gasteiger partial charge in [-0.3, -0.25) is 19.2 Å². The fourth-order valence-corrected chi connectivity index (χ4v) is 2.24. The summed E-state index contributed by atoms with van der Waals surface area (Å²) in [6, 6.07) is 4.32. The summed E-state index contributed by atoms with van der Waals surface area (Å²) in [5.74, 6) is -1.51. The summed E-state index contributed by atoms with van der Waals surface area (Å²) in [6.45, 7) is 0. The van der Waals surface area contributed by atoms with Crippen LogP contribution in [0.5, 0.6) is 0 Å². The summed E-state index contributed by atoms with van der Waals surface area (Å²) >= 11 is 3.01. The van der Waals surface area contributed by atoms with E-state index in [9.17, 15) is 19.2 Å². The molecule has 0 aliphatic rings. The minimum Gasteiger partial charge on any atom is -0.481 e. The number of aliphatic carboxylic acids is 1. The van der Waals surface area contributed by atoms with Crippen LogP contribution in [0.3, 0.4) is 0 Å². The van der Waals surface area contributed by atoms with Crippen molar-refractivity contribution in [1.29, 1.82) is 0 Å². The topological polar surface area (TPSA) is 120 Å². The molecule has 0 aliphatic carbocycles. The van der Waals surface area contributed by atoms with Gasteiger partial charge in [-0.15, -0.1) is 0 Å². The van der Waals surface area contributed by atoms with Gasteiger partial charge in [0, 0.05) is 5.56 Å². The summed E-state index contributed by atoms with van der Waals surface area (Å²) in [6.07, 6.45) is -0.348.